The van der Waals surface area contributed by atoms with E-state index in [1.807, 2.05) is 57.2 Å². The maximum absolute atomic E-state index is 12.1. The first-order valence-corrected chi connectivity index (χ1v) is 10.9. The van der Waals surface area contributed by atoms with Gasteiger partial charge in [-0.25, -0.2) is 4.79 Å². The minimum atomic E-state index is -2.87. The molecule has 2 rings (SSSR count). The van der Waals surface area contributed by atoms with E-state index in [0.29, 0.717) is 0 Å². The standard InChI is InChI=1S/C22H30O3Si/c1-21(2,3)19(20(23)24)25-26(22(4,5)6,17-13-9-7-10-14-17)18-15-11-8-12-16-18/h7-16,19H,1-6H3,(H,23,24)/t19-/m0/s1. The van der Waals surface area contributed by atoms with E-state index in [1.54, 1.807) is 0 Å². The van der Waals surface area contributed by atoms with E-state index in [2.05, 4.69) is 45.0 Å². The number of hydrogen-bond acceptors (Lipinski definition) is 2. The molecule has 0 fully saturated rings. The lowest BCUT2D eigenvalue weighted by Crippen LogP contribution is -2.69. The van der Waals surface area contributed by atoms with Crippen LogP contribution in [0, 0.1) is 5.41 Å². The highest BCUT2D eigenvalue weighted by atomic mass is 28.4. The van der Waals surface area contributed by atoms with Gasteiger partial charge in [-0.15, -0.1) is 0 Å². The molecule has 1 atom stereocenters. The van der Waals surface area contributed by atoms with Gasteiger partial charge in [-0.3, -0.25) is 0 Å². The van der Waals surface area contributed by atoms with Crippen LogP contribution < -0.4 is 10.4 Å². The third-order valence-corrected chi connectivity index (χ3v) is 9.72. The van der Waals surface area contributed by atoms with Crippen molar-refractivity contribution in [3.63, 3.8) is 0 Å². The van der Waals surface area contributed by atoms with Crippen molar-refractivity contribution in [2.45, 2.75) is 52.7 Å². The Kier molecular flexibility index (Phi) is 5.78. The molecule has 0 bridgehead atoms. The molecule has 0 spiro atoms. The third kappa shape index (κ3) is 3.91. The number of benzene rings is 2. The van der Waals surface area contributed by atoms with E-state index in [-0.39, 0.29) is 5.04 Å². The highest BCUT2D eigenvalue weighted by Gasteiger charge is 2.53. The largest absolute Gasteiger partial charge is 0.479 e. The number of carboxylic acid groups (broad SMARTS) is 1. The average molecular weight is 371 g/mol. The van der Waals surface area contributed by atoms with E-state index in [1.165, 1.54) is 0 Å². The van der Waals surface area contributed by atoms with Crippen LogP contribution in [0.4, 0.5) is 0 Å². The van der Waals surface area contributed by atoms with Crippen molar-refractivity contribution in [2.75, 3.05) is 0 Å². The van der Waals surface area contributed by atoms with Crippen molar-refractivity contribution in [3.05, 3.63) is 60.7 Å². The van der Waals surface area contributed by atoms with Gasteiger partial charge in [0.1, 0.15) is 6.10 Å². The minimum absolute atomic E-state index is 0.241. The highest BCUT2D eigenvalue weighted by molar-refractivity contribution is 6.99. The lowest BCUT2D eigenvalue weighted by atomic mass is 9.89. The summed E-state index contributed by atoms with van der Waals surface area (Å²) in [5.41, 5.74) is -0.515. The van der Waals surface area contributed by atoms with Gasteiger partial charge in [-0.1, -0.05) is 102 Å². The van der Waals surface area contributed by atoms with Gasteiger partial charge in [-0.05, 0) is 20.8 Å². The molecule has 0 aromatic heterocycles. The van der Waals surface area contributed by atoms with Gasteiger partial charge < -0.3 is 9.53 Å². The molecule has 2 aromatic carbocycles. The second-order valence-electron chi connectivity index (χ2n) is 8.87. The van der Waals surface area contributed by atoms with Crippen molar-refractivity contribution in [1.82, 2.24) is 0 Å². The fourth-order valence-electron chi connectivity index (χ4n) is 3.47. The van der Waals surface area contributed by atoms with Crippen LogP contribution in [0.2, 0.25) is 5.04 Å². The molecule has 0 amide bonds. The Balaban J connectivity index is 2.78. The molecule has 0 saturated carbocycles. The maximum atomic E-state index is 12.1. The van der Waals surface area contributed by atoms with Gasteiger partial charge in [0.15, 0.2) is 0 Å². The minimum Gasteiger partial charge on any atom is -0.479 e. The Morgan fingerprint density at radius 2 is 1.23 bits per heavy atom. The lowest BCUT2D eigenvalue weighted by Gasteiger charge is -2.46. The zero-order chi connectivity index (χ0) is 19.6. The van der Waals surface area contributed by atoms with Crippen LogP contribution in [0.1, 0.15) is 41.5 Å². The normalized spacial score (nSPS) is 14.1. The van der Waals surface area contributed by atoms with Crippen LogP contribution in [0.5, 0.6) is 0 Å². The maximum Gasteiger partial charge on any atom is 0.332 e. The molecule has 140 valence electrons. The lowest BCUT2D eigenvalue weighted by molar-refractivity contribution is -0.150. The predicted octanol–water partition coefficient (Wildman–Crippen LogP) is 4.06. The smallest absolute Gasteiger partial charge is 0.332 e. The summed E-state index contributed by atoms with van der Waals surface area (Å²) in [4.78, 5) is 12.1. The molecule has 2 aromatic rings. The van der Waals surface area contributed by atoms with E-state index >= 15 is 0 Å². The van der Waals surface area contributed by atoms with Crippen LogP contribution in [0.25, 0.3) is 0 Å². The molecular weight excluding hydrogens is 340 g/mol. The quantitative estimate of drug-likeness (QED) is 0.807. The SMILES string of the molecule is CC(C)(C)[C@@H](O[Si](c1ccccc1)(c1ccccc1)C(C)(C)C)C(=O)O. The number of carbonyl (C=O) groups is 1. The van der Waals surface area contributed by atoms with Gasteiger partial charge in [0.2, 0.25) is 0 Å². The Bertz CT molecular complexity index is 688. The van der Waals surface area contributed by atoms with Crippen molar-refractivity contribution < 1.29 is 14.3 Å². The van der Waals surface area contributed by atoms with Gasteiger partial charge >= 0.3 is 5.97 Å². The topological polar surface area (TPSA) is 46.5 Å². The molecular formula is C22H30O3Si. The first kappa shape index (κ1) is 20.4. The molecule has 0 heterocycles. The fourth-order valence-corrected chi connectivity index (χ4v) is 8.29. The summed E-state index contributed by atoms with van der Waals surface area (Å²) in [6.45, 7) is 12.2. The van der Waals surface area contributed by atoms with Crippen LogP contribution in [0.15, 0.2) is 60.7 Å². The number of aliphatic carboxylic acids is 1. The highest BCUT2D eigenvalue weighted by Crippen LogP contribution is 2.39. The van der Waals surface area contributed by atoms with Crippen LogP contribution in [0.3, 0.4) is 0 Å². The van der Waals surface area contributed by atoms with Gasteiger partial charge in [-0.2, -0.15) is 0 Å². The monoisotopic (exact) mass is 370 g/mol. The molecule has 1 N–H and O–H groups in total. The van der Waals surface area contributed by atoms with Crippen molar-refractivity contribution >= 4 is 24.7 Å². The zero-order valence-corrected chi connectivity index (χ0v) is 17.6. The first-order chi connectivity index (χ1) is 12.0. The third-order valence-electron chi connectivity index (χ3n) is 4.72. The molecule has 3 nitrogen and oxygen atoms in total. The summed E-state index contributed by atoms with van der Waals surface area (Å²) < 4.78 is 6.74. The predicted molar refractivity (Wildman–Crippen MR) is 110 cm³/mol. The van der Waals surface area contributed by atoms with E-state index in [9.17, 15) is 9.90 Å². The number of hydrogen-bond donors (Lipinski definition) is 1. The molecule has 0 aliphatic heterocycles. The molecule has 0 unspecified atom stereocenters. The average Bonchev–Trinajstić information content (AvgIpc) is 2.54. The second-order valence-corrected chi connectivity index (χ2v) is 13.1. The Morgan fingerprint density at radius 3 is 1.50 bits per heavy atom. The summed E-state index contributed by atoms with van der Waals surface area (Å²) in [6.07, 6.45) is -0.895. The Labute approximate surface area is 158 Å². The molecule has 0 aliphatic rings. The van der Waals surface area contributed by atoms with Crippen molar-refractivity contribution in [3.8, 4) is 0 Å². The van der Waals surface area contributed by atoms with E-state index < -0.39 is 25.8 Å². The Hall–Kier alpha value is -1.91. The number of rotatable bonds is 5. The Morgan fingerprint density at radius 1 is 0.846 bits per heavy atom. The first-order valence-electron chi connectivity index (χ1n) is 9.02. The van der Waals surface area contributed by atoms with Crippen LogP contribution >= 0.6 is 0 Å². The zero-order valence-electron chi connectivity index (χ0n) is 16.6. The molecule has 0 aliphatic carbocycles. The second kappa shape index (κ2) is 7.37. The van der Waals surface area contributed by atoms with Crippen LogP contribution in [-0.2, 0) is 9.22 Å². The summed E-state index contributed by atoms with van der Waals surface area (Å²) in [6, 6.07) is 20.3. The summed E-state index contributed by atoms with van der Waals surface area (Å²) in [7, 11) is -2.87. The van der Waals surface area contributed by atoms with Gasteiger partial charge in [0.25, 0.3) is 8.32 Å². The summed E-state index contributed by atoms with van der Waals surface area (Å²) in [5.74, 6) is -0.912. The molecule has 4 heteroatoms. The molecule has 0 saturated heterocycles. The molecule has 0 radical (unpaired) electrons. The van der Waals surface area contributed by atoms with Crippen LogP contribution in [-0.4, -0.2) is 25.5 Å². The fraction of sp³-hybridized carbons (Fsp3) is 0.409. The van der Waals surface area contributed by atoms with Gasteiger partial charge in [0, 0.05) is 0 Å². The van der Waals surface area contributed by atoms with Crippen molar-refractivity contribution in [1.29, 1.82) is 0 Å². The number of carboxylic acids is 1. The van der Waals surface area contributed by atoms with Gasteiger partial charge in [0.05, 0.1) is 0 Å². The molecule has 26 heavy (non-hydrogen) atoms. The van der Waals surface area contributed by atoms with E-state index in [4.69, 9.17) is 4.43 Å². The van der Waals surface area contributed by atoms with E-state index in [0.717, 1.165) is 10.4 Å². The summed E-state index contributed by atoms with van der Waals surface area (Å²) in [5, 5.41) is 11.9. The summed E-state index contributed by atoms with van der Waals surface area (Å²) >= 11 is 0. The van der Waals surface area contributed by atoms with Crippen molar-refractivity contribution in [2.24, 2.45) is 5.41 Å².